The first-order chi connectivity index (χ1) is 16.1. The molecule has 2 aliphatic rings. The van der Waals surface area contributed by atoms with E-state index in [-0.39, 0.29) is 18.3 Å². The molecule has 0 bridgehead atoms. The maximum Gasteiger partial charge on any atom is 0.327 e. The molecule has 0 atom stereocenters. The van der Waals surface area contributed by atoms with Gasteiger partial charge in [0.15, 0.2) is 5.65 Å². The number of ether oxygens (including phenoxy) is 1. The van der Waals surface area contributed by atoms with E-state index in [1.54, 1.807) is 29.3 Å². The summed E-state index contributed by atoms with van der Waals surface area (Å²) in [5, 5.41) is 10.0. The van der Waals surface area contributed by atoms with Crippen molar-refractivity contribution in [2.75, 3.05) is 5.32 Å². The normalized spacial score (nSPS) is 17.0. The minimum absolute atomic E-state index is 0.0288. The fourth-order valence-electron chi connectivity index (χ4n) is 3.54. The number of carbonyl (C=O) groups is 2. The van der Waals surface area contributed by atoms with Gasteiger partial charge in [-0.1, -0.05) is 0 Å². The molecular weight excluding hydrogens is 424 g/mol. The highest BCUT2D eigenvalue weighted by atomic mass is 16.5. The van der Waals surface area contributed by atoms with Crippen LogP contribution in [0.2, 0.25) is 0 Å². The lowest BCUT2D eigenvalue weighted by Crippen LogP contribution is -2.19. The molecule has 0 spiro atoms. The summed E-state index contributed by atoms with van der Waals surface area (Å²) in [6, 6.07) is 7.93. The lowest BCUT2D eigenvalue weighted by molar-refractivity contribution is -0.124. The third-order valence-electron chi connectivity index (χ3n) is 5.36. The van der Waals surface area contributed by atoms with E-state index in [4.69, 9.17) is 4.74 Å². The molecule has 2 fully saturated rings. The third-order valence-corrected chi connectivity index (χ3v) is 5.36. The van der Waals surface area contributed by atoms with Crippen molar-refractivity contribution in [1.82, 2.24) is 34.4 Å². The largest absolute Gasteiger partial charge is 0.424 e. The van der Waals surface area contributed by atoms with Crippen molar-refractivity contribution in [3.05, 3.63) is 60.3 Å². The van der Waals surface area contributed by atoms with E-state index in [1.165, 1.54) is 0 Å². The Bertz CT molecular complexity index is 1400. The molecule has 1 aliphatic heterocycles. The summed E-state index contributed by atoms with van der Waals surface area (Å²) in [7, 11) is 0. The molecule has 1 saturated heterocycles. The Kier molecular flexibility index (Phi) is 4.39. The predicted molar refractivity (Wildman–Crippen MR) is 117 cm³/mol. The van der Waals surface area contributed by atoms with Crippen LogP contribution in [0.1, 0.15) is 24.8 Å². The zero-order chi connectivity index (χ0) is 22.4. The number of anilines is 1. The average Bonchev–Trinajstić information content (AvgIpc) is 3.17. The second kappa shape index (κ2) is 7.55. The van der Waals surface area contributed by atoms with Gasteiger partial charge in [-0.25, -0.2) is 4.98 Å². The van der Waals surface area contributed by atoms with E-state index in [2.05, 4.69) is 30.7 Å². The highest BCUT2D eigenvalue weighted by Crippen LogP contribution is 2.28. The molecule has 2 amide bonds. The molecule has 6 rings (SSSR count). The summed E-state index contributed by atoms with van der Waals surface area (Å²) in [5.41, 5.74) is 2.37. The Balaban J connectivity index is 1.35. The van der Waals surface area contributed by atoms with E-state index in [0.717, 1.165) is 18.5 Å². The van der Waals surface area contributed by atoms with Gasteiger partial charge in [-0.2, -0.15) is 19.6 Å². The van der Waals surface area contributed by atoms with Gasteiger partial charge in [-0.3, -0.25) is 14.9 Å². The number of aromatic nitrogens is 6. The molecule has 1 aliphatic carbocycles. The Morgan fingerprint density at radius 2 is 2.00 bits per heavy atom. The van der Waals surface area contributed by atoms with E-state index in [9.17, 15) is 9.59 Å². The van der Waals surface area contributed by atoms with Gasteiger partial charge in [-0.15, -0.1) is 0 Å². The zero-order valence-corrected chi connectivity index (χ0v) is 17.3. The number of benzene rings is 1. The molecule has 11 nitrogen and oxygen atoms in total. The van der Waals surface area contributed by atoms with E-state index in [1.807, 2.05) is 35.0 Å². The van der Waals surface area contributed by atoms with Crippen LogP contribution in [0.15, 0.2) is 54.8 Å². The minimum atomic E-state index is -0.404. The van der Waals surface area contributed by atoms with Gasteiger partial charge in [0.1, 0.15) is 5.75 Å². The summed E-state index contributed by atoms with van der Waals surface area (Å²) in [5.74, 6) is 0.348. The van der Waals surface area contributed by atoms with E-state index < -0.39 is 5.91 Å². The van der Waals surface area contributed by atoms with Crippen LogP contribution in [0, 0.1) is 0 Å². The molecule has 164 valence electrons. The molecule has 3 aromatic heterocycles. The van der Waals surface area contributed by atoms with Crippen molar-refractivity contribution < 1.29 is 14.3 Å². The predicted octanol–water partition coefficient (Wildman–Crippen LogP) is 2.11. The van der Waals surface area contributed by atoms with Crippen molar-refractivity contribution >= 4 is 29.5 Å². The Morgan fingerprint density at radius 1 is 1.15 bits per heavy atom. The van der Waals surface area contributed by atoms with Crippen LogP contribution in [-0.2, 0) is 9.59 Å². The maximum atomic E-state index is 12.0. The average molecular weight is 442 g/mol. The number of nitrogens with one attached hydrogen (secondary N) is 2. The first-order valence-electron chi connectivity index (χ1n) is 10.5. The molecule has 4 heterocycles. The highest BCUT2D eigenvalue weighted by Gasteiger charge is 2.26. The third kappa shape index (κ3) is 3.80. The number of nitrogens with zero attached hydrogens (tertiary/aromatic N) is 6. The number of hydrogen-bond acceptors (Lipinski definition) is 8. The highest BCUT2D eigenvalue weighted by molar-refractivity contribution is 6.15. The Hall–Kier alpha value is -4.54. The van der Waals surface area contributed by atoms with Crippen LogP contribution in [0.5, 0.6) is 11.8 Å². The van der Waals surface area contributed by atoms with Gasteiger partial charge in [-0.05, 0) is 43.2 Å². The number of fused-ring (bicyclic) bond motifs is 1. The fraction of sp³-hybridized carbons (Fsp3) is 0.182. The molecule has 1 saturated carbocycles. The molecule has 0 radical (unpaired) electrons. The fourth-order valence-corrected chi connectivity index (χ4v) is 3.54. The van der Waals surface area contributed by atoms with Crippen LogP contribution < -0.4 is 15.4 Å². The molecule has 11 heteroatoms. The van der Waals surface area contributed by atoms with Gasteiger partial charge < -0.3 is 14.6 Å². The second-order valence-electron chi connectivity index (χ2n) is 7.87. The zero-order valence-electron chi connectivity index (χ0n) is 17.3. The van der Waals surface area contributed by atoms with Crippen molar-refractivity contribution in [3.63, 3.8) is 0 Å². The van der Waals surface area contributed by atoms with E-state index >= 15 is 0 Å². The summed E-state index contributed by atoms with van der Waals surface area (Å²) < 4.78 is 9.42. The van der Waals surface area contributed by atoms with Gasteiger partial charge in [0.05, 0.1) is 18.9 Å². The van der Waals surface area contributed by atoms with Gasteiger partial charge in [0, 0.05) is 35.3 Å². The molecule has 2 N–H and O–H groups in total. The number of hydrogen-bond donors (Lipinski definition) is 2. The quantitative estimate of drug-likeness (QED) is 0.343. The number of imide groups is 1. The Labute approximate surface area is 187 Å². The van der Waals surface area contributed by atoms with E-state index in [0.29, 0.717) is 34.5 Å². The van der Waals surface area contributed by atoms with Gasteiger partial charge in [0.25, 0.3) is 5.91 Å². The first kappa shape index (κ1) is 19.2. The summed E-state index contributed by atoms with van der Waals surface area (Å²) in [4.78, 5) is 36.6. The van der Waals surface area contributed by atoms with Crippen molar-refractivity contribution in [2.24, 2.45) is 0 Å². The first-order valence-corrected chi connectivity index (χ1v) is 10.5. The van der Waals surface area contributed by atoms with Crippen LogP contribution >= 0.6 is 0 Å². The topological polar surface area (TPSA) is 128 Å². The van der Waals surface area contributed by atoms with Crippen LogP contribution in [0.4, 0.5) is 5.95 Å². The van der Waals surface area contributed by atoms with Crippen molar-refractivity contribution in [2.45, 2.75) is 25.3 Å². The van der Waals surface area contributed by atoms with Crippen LogP contribution in [-0.4, -0.2) is 47.0 Å². The Morgan fingerprint density at radius 3 is 2.70 bits per heavy atom. The molecule has 33 heavy (non-hydrogen) atoms. The molecular formula is C22H18N8O3. The van der Waals surface area contributed by atoms with Crippen molar-refractivity contribution in [1.29, 1.82) is 0 Å². The SMILES string of the molecule is O=C1C/C(=C\c2cnn3c(NC4CC4)nc(Oc4ccc(-n5ccnc5)cc4)nc23)C(=O)N1. The van der Waals surface area contributed by atoms with Crippen LogP contribution in [0.25, 0.3) is 17.4 Å². The smallest absolute Gasteiger partial charge is 0.327 e. The lowest BCUT2D eigenvalue weighted by Gasteiger charge is -2.10. The summed E-state index contributed by atoms with van der Waals surface area (Å²) in [6.07, 6.45) is 10.6. The summed E-state index contributed by atoms with van der Waals surface area (Å²) >= 11 is 0. The number of rotatable bonds is 6. The monoisotopic (exact) mass is 442 g/mol. The number of amides is 2. The number of carbonyl (C=O) groups excluding carboxylic acids is 2. The molecule has 0 unspecified atom stereocenters. The number of imidazole rings is 1. The van der Waals surface area contributed by atoms with Gasteiger partial charge >= 0.3 is 6.01 Å². The van der Waals surface area contributed by atoms with Gasteiger partial charge in [0.2, 0.25) is 11.9 Å². The lowest BCUT2D eigenvalue weighted by atomic mass is 10.1. The minimum Gasteiger partial charge on any atom is -0.424 e. The molecule has 1 aromatic carbocycles. The van der Waals surface area contributed by atoms with Crippen LogP contribution in [0.3, 0.4) is 0 Å². The molecule has 4 aromatic rings. The standard InChI is InChI=1S/C22H18N8O3/c31-18-10-13(20(32)26-18)9-14-11-24-30-19(14)27-22(28-21(30)25-15-1-2-15)33-17-5-3-16(4-6-17)29-8-7-23-12-29/h3-9,11-12,15H,1-2,10H2,(H,25,27,28)(H,26,31,32)/b13-9+. The second-order valence-corrected chi connectivity index (χ2v) is 7.87. The van der Waals surface area contributed by atoms with Crippen molar-refractivity contribution in [3.8, 4) is 17.4 Å². The summed E-state index contributed by atoms with van der Waals surface area (Å²) in [6.45, 7) is 0. The maximum absolute atomic E-state index is 12.0.